The molecule has 1 rings (SSSR count). The smallest absolute Gasteiger partial charge is 0.184 e. The van der Waals surface area contributed by atoms with Crippen molar-refractivity contribution in [3.63, 3.8) is 0 Å². The van der Waals surface area contributed by atoms with Gasteiger partial charge in [0.1, 0.15) is 5.15 Å². The van der Waals surface area contributed by atoms with Crippen LogP contribution in [-0.2, 0) is 4.74 Å². The third-order valence-corrected chi connectivity index (χ3v) is 2.51. The lowest BCUT2D eigenvalue weighted by molar-refractivity contribution is 0.141. The highest BCUT2D eigenvalue weighted by atomic mass is 35.5. The highest BCUT2D eigenvalue weighted by molar-refractivity contribution is 7.14. The lowest BCUT2D eigenvalue weighted by atomic mass is 10.4. The minimum absolute atomic E-state index is 0.266. The van der Waals surface area contributed by atoms with E-state index in [1.807, 2.05) is 13.8 Å². The van der Waals surface area contributed by atoms with E-state index in [0.717, 1.165) is 11.7 Å². The molecule has 0 saturated heterocycles. The van der Waals surface area contributed by atoms with Crippen LogP contribution in [0.25, 0.3) is 0 Å². The molecule has 0 radical (unpaired) electrons. The second-order valence-electron chi connectivity index (χ2n) is 2.68. The van der Waals surface area contributed by atoms with Gasteiger partial charge in [0.25, 0.3) is 0 Å². The van der Waals surface area contributed by atoms with Crippen molar-refractivity contribution in [1.82, 2.24) is 4.98 Å². The topological polar surface area (TPSA) is 34.1 Å². The molecule has 0 aliphatic rings. The lowest BCUT2D eigenvalue weighted by Crippen LogP contribution is -2.21. The highest BCUT2D eigenvalue weighted by Crippen LogP contribution is 2.19. The van der Waals surface area contributed by atoms with Crippen LogP contribution in [0.1, 0.15) is 13.8 Å². The van der Waals surface area contributed by atoms with Gasteiger partial charge in [-0.25, -0.2) is 4.98 Å². The summed E-state index contributed by atoms with van der Waals surface area (Å²) in [6, 6.07) is 0.266. The molecule has 1 heterocycles. The largest absolute Gasteiger partial charge is 0.380 e. The first-order valence-electron chi connectivity index (χ1n) is 4.17. The van der Waals surface area contributed by atoms with E-state index in [9.17, 15) is 0 Å². The van der Waals surface area contributed by atoms with Gasteiger partial charge in [-0.15, -0.1) is 11.3 Å². The van der Waals surface area contributed by atoms with Crippen molar-refractivity contribution < 1.29 is 4.74 Å². The van der Waals surface area contributed by atoms with Crippen LogP contribution in [0.5, 0.6) is 0 Å². The van der Waals surface area contributed by atoms with E-state index in [0.29, 0.717) is 11.8 Å². The Hall–Kier alpha value is -0.320. The third kappa shape index (κ3) is 3.93. The summed E-state index contributed by atoms with van der Waals surface area (Å²) in [5.41, 5.74) is 0. The monoisotopic (exact) mass is 220 g/mol. The van der Waals surface area contributed by atoms with Crippen molar-refractivity contribution in [2.24, 2.45) is 0 Å². The molecule has 1 unspecified atom stereocenters. The molecule has 1 atom stereocenters. The normalized spacial score (nSPS) is 12.8. The molecule has 74 valence electrons. The minimum atomic E-state index is 0.266. The summed E-state index contributed by atoms with van der Waals surface area (Å²) in [6.45, 7) is 5.45. The highest BCUT2D eigenvalue weighted by Gasteiger charge is 2.04. The van der Waals surface area contributed by atoms with Crippen LogP contribution in [0.4, 0.5) is 5.13 Å². The molecule has 0 aliphatic heterocycles. The fraction of sp³-hybridized carbons (Fsp3) is 0.625. The molecule has 1 N–H and O–H groups in total. The van der Waals surface area contributed by atoms with E-state index in [2.05, 4.69) is 10.3 Å². The number of ether oxygens (including phenoxy) is 1. The van der Waals surface area contributed by atoms with Crippen molar-refractivity contribution in [2.75, 3.05) is 18.5 Å². The zero-order chi connectivity index (χ0) is 9.68. The molecule has 13 heavy (non-hydrogen) atoms. The van der Waals surface area contributed by atoms with E-state index in [1.54, 1.807) is 5.38 Å². The third-order valence-electron chi connectivity index (χ3n) is 1.42. The summed E-state index contributed by atoms with van der Waals surface area (Å²) in [6.07, 6.45) is 0. The molecule has 1 aromatic rings. The SMILES string of the molecule is CCOCC(C)Nc1nc(Cl)cs1. The first-order valence-corrected chi connectivity index (χ1v) is 5.43. The summed E-state index contributed by atoms with van der Waals surface area (Å²) in [4.78, 5) is 4.08. The Bertz CT molecular complexity index is 254. The van der Waals surface area contributed by atoms with Crippen molar-refractivity contribution in [3.8, 4) is 0 Å². The van der Waals surface area contributed by atoms with E-state index in [1.165, 1.54) is 11.3 Å². The number of nitrogens with zero attached hydrogens (tertiary/aromatic N) is 1. The van der Waals surface area contributed by atoms with Crippen molar-refractivity contribution in [2.45, 2.75) is 19.9 Å². The molecule has 0 aliphatic carbocycles. The number of aromatic nitrogens is 1. The summed E-state index contributed by atoms with van der Waals surface area (Å²) < 4.78 is 5.26. The number of hydrogen-bond acceptors (Lipinski definition) is 4. The van der Waals surface area contributed by atoms with Crippen LogP contribution in [0.3, 0.4) is 0 Å². The Morgan fingerprint density at radius 2 is 2.54 bits per heavy atom. The molecule has 0 bridgehead atoms. The van der Waals surface area contributed by atoms with Gasteiger partial charge in [-0.2, -0.15) is 0 Å². The van der Waals surface area contributed by atoms with Crippen molar-refractivity contribution in [3.05, 3.63) is 10.5 Å². The lowest BCUT2D eigenvalue weighted by Gasteiger charge is -2.11. The van der Waals surface area contributed by atoms with Gasteiger partial charge in [0.05, 0.1) is 6.61 Å². The number of anilines is 1. The van der Waals surface area contributed by atoms with E-state index >= 15 is 0 Å². The zero-order valence-electron chi connectivity index (χ0n) is 7.71. The van der Waals surface area contributed by atoms with Gasteiger partial charge in [0.15, 0.2) is 5.13 Å². The Labute approximate surface area is 87.1 Å². The van der Waals surface area contributed by atoms with Gasteiger partial charge < -0.3 is 10.1 Å². The zero-order valence-corrected chi connectivity index (χ0v) is 9.28. The molecule has 0 aromatic carbocycles. The second kappa shape index (κ2) is 5.42. The average molecular weight is 221 g/mol. The molecular formula is C8H13ClN2OS. The molecule has 0 fully saturated rings. The summed E-state index contributed by atoms with van der Waals surface area (Å²) in [5.74, 6) is 0. The molecule has 0 amide bonds. The maximum absolute atomic E-state index is 5.68. The first-order chi connectivity index (χ1) is 6.22. The van der Waals surface area contributed by atoms with Crippen LogP contribution in [0.15, 0.2) is 5.38 Å². The molecule has 5 heteroatoms. The Morgan fingerprint density at radius 3 is 3.08 bits per heavy atom. The van der Waals surface area contributed by atoms with Crippen LogP contribution in [0, 0.1) is 0 Å². The summed E-state index contributed by atoms with van der Waals surface area (Å²) in [7, 11) is 0. The molecule has 0 saturated carbocycles. The van der Waals surface area contributed by atoms with Crippen LogP contribution >= 0.6 is 22.9 Å². The Kier molecular flexibility index (Phi) is 4.48. The maximum Gasteiger partial charge on any atom is 0.184 e. The van der Waals surface area contributed by atoms with E-state index in [-0.39, 0.29) is 6.04 Å². The maximum atomic E-state index is 5.68. The van der Waals surface area contributed by atoms with Gasteiger partial charge in [-0.3, -0.25) is 0 Å². The fourth-order valence-corrected chi connectivity index (χ4v) is 1.82. The molecular weight excluding hydrogens is 208 g/mol. The van der Waals surface area contributed by atoms with Crippen molar-refractivity contribution >= 4 is 28.1 Å². The van der Waals surface area contributed by atoms with Gasteiger partial charge in [0, 0.05) is 18.0 Å². The number of rotatable bonds is 5. The Morgan fingerprint density at radius 1 is 1.77 bits per heavy atom. The quantitative estimate of drug-likeness (QED) is 0.829. The van der Waals surface area contributed by atoms with Gasteiger partial charge in [0.2, 0.25) is 0 Å². The predicted molar refractivity (Wildman–Crippen MR) is 56.7 cm³/mol. The number of hydrogen-bond donors (Lipinski definition) is 1. The van der Waals surface area contributed by atoms with Gasteiger partial charge in [-0.1, -0.05) is 11.6 Å². The fourth-order valence-electron chi connectivity index (χ4n) is 0.868. The number of nitrogens with one attached hydrogen (secondary N) is 1. The van der Waals surface area contributed by atoms with Crippen LogP contribution < -0.4 is 5.32 Å². The predicted octanol–water partition coefficient (Wildman–Crippen LogP) is 2.63. The second-order valence-corrected chi connectivity index (χ2v) is 3.93. The molecule has 3 nitrogen and oxygen atoms in total. The Balaban J connectivity index is 2.31. The van der Waals surface area contributed by atoms with Gasteiger partial charge >= 0.3 is 0 Å². The summed E-state index contributed by atoms with van der Waals surface area (Å²) in [5, 5.41) is 6.38. The molecule has 0 spiro atoms. The molecule has 1 aromatic heterocycles. The van der Waals surface area contributed by atoms with E-state index in [4.69, 9.17) is 16.3 Å². The standard InChI is InChI=1S/C8H13ClN2OS/c1-3-12-4-6(2)10-8-11-7(9)5-13-8/h5-6H,3-4H2,1-2H3,(H,10,11). The average Bonchev–Trinajstić information content (AvgIpc) is 2.48. The van der Waals surface area contributed by atoms with Crippen LogP contribution in [0.2, 0.25) is 5.15 Å². The van der Waals surface area contributed by atoms with Crippen molar-refractivity contribution in [1.29, 1.82) is 0 Å². The van der Waals surface area contributed by atoms with E-state index < -0.39 is 0 Å². The number of thiazole rings is 1. The summed E-state index contributed by atoms with van der Waals surface area (Å²) >= 11 is 7.18. The van der Waals surface area contributed by atoms with Gasteiger partial charge in [-0.05, 0) is 13.8 Å². The minimum Gasteiger partial charge on any atom is -0.380 e. The number of halogens is 1. The first kappa shape index (κ1) is 10.8. The van der Waals surface area contributed by atoms with Crippen LogP contribution in [-0.4, -0.2) is 24.2 Å².